The highest BCUT2D eigenvalue weighted by Gasteiger charge is 2.67. The molecule has 1 aliphatic heterocycles. The van der Waals surface area contributed by atoms with Crippen molar-refractivity contribution in [1.29, 1.82) is 0 Å². The van der Waals surface area contributed by atoms with E-state index in [-0.39, 0.29) is 22.9 Å². The van der Waals surface area contributed by atoms with Gasteiger partial charge in [0.2, 0.25) is 0 Å². The molecule has 2 saturated carbocycles. The van der Waals surface area contributed by atoms with Crippen molar-refractivity contribution in [2.45, 2.75) is 44.3 Å². The van der Waals surface area contributed by atoms with Crippen LogP contribution in [0.4, 0.5) is 27.6 Å². The fraction of sp³-hybridized carbons (Fsp3) is 0.520. The van der Waals surface area contributed by atoms with E-state index >= 15 is 0 Å². The second-order valence-corrected chi connectivity index (χ2v) is 10.2. The molecule has 1 aromatic heterocycles. The van der Waals surface area contributed by atoms with Gasteiger partial charge in [-0.1, -0.05) is 25.1 Å². The first-order valence-corrected chi connectivity index (χ1v) is 11.9. The number of hydrogen-bond acceptors (Lipinski definition) is 4. The molecule has 36 heavy (non-hydrogen) atoms. The Kier molecular flexibility index (Phi) is 5.89. The molecule has 5 rings (SSSR count). The van der Waals surface area contributed by atoms with E-state index in [9.17, 15) is 31.5 Å². The predicted octanol–water partition coefficient (Wildman–Crippen LogP) is 4.21. The summed E-state index contributed by atoms with van der Waals surface area (Å²) in [5.74, 6) is -5.28. The van der Waals surface area contributed by atoms with Gasteiger partial charge in [0.1, 0.15) is 11.9 Å². The standard InChI is InChI=1S/C25H27F5N4O2/c1-11-22(25(11,29)30)34-10-17(18(7-19(34)35)32-21-15-8-33(3)9-16(15)21)24(36)31-12(2)13-5-4-6-14(20(13)26)23(27)28/h4-7,10-12,15-16,21-23,32H,8-9H2,1-3H3,(H,31,36)/t11-,12-,15-,16+,21?,22-/m1/s1. The van der Waals surface area contributed by atoms with Crippen LogP contribution in [0.5, 0.6) is 0 Å². The normalized spacial score (nSPS) is 29.1. The van der Waals surface area contributed by atoms with Gasteiger partial charge in [-0.2, -0.15) is 0 Å². The van der Waals surface area contributed by atoms with Gasteiger partial charge < -0.3 is 20.1 Å². The van der Waals surface area contributed by atoms with E-state index < -0.39 is 53.2 Å². The molecular weight excluding hydrogens is 483 g/mol. The molecule has 2 aromatic rings. The number of carbonyl (C=O) groups excluding carboxylic acids is 1. The second-order valence-electron chi connectivity index (χ2n) is 10.2. The zero-order valence-corrected chi connectivity index (χ0v) is 19.9. The van der Waals surface area contributed by atoms with E-state index in [0.717, 1.165) is 36.0 Å². The Bertz CT molecular complexity index is 1250. The second kappa shape index (κ2) is 8.57. The molecule has 11 heteroatoms. The number of fused-ring (bicyclic) bond motifs is 1. The van der Waals surface area contributed by atoms with Gasteiger partial charge in [0.25, 0.3) is 23.8 Å². The lowest BCUT2D eigenvalue weighted by molar-refractivity contribution is 0.0868. The molecule has 3 aliphatic rings. The van der Waals surface area contributed by atoms with E-state index in [4.69, 9.17) is 0 Å². The molecule has 1 aromatic carbocycles. The molecule has 0 spiro atoms. The summed E-state index contributed by atoms with van der Waals surface area (Å²) in [6.45, 7) is 4.49. The van der Waals surface area contributed by atoms with Gasteiger partial charge in [0.05, 0.1) is 22.9 Å². The number of likely N-dealkylation sites (tertiary alicyclic amines) is 1. The molecule has 2 aliphatic carbocycles. The Morgan fingerprint density at radius 3 is 2.36 bits per heavy atom. The number of amides is 1. The van der Waals surface area contributed by atoms with Gasteiger partial charge in [-0.3, -0.25) is 9.59 Å². The van der Waals surface area contributed by atoms with Crippen LogP contribution in [-0.4, -0.2) is 47.5 Å². The Labute approximate surface area is 204 Å². The molecule has 2 N–H and O–H groups in total. The Balaban J connectivity index is 1.44. The van der Waals surface area contributed by atoms with Crippen LogP contribution in [0, 0.1) is 23.6 Å². The smallest absolute Gasteiger partial charge is 0.273 e. The molecular formula is C25H27F5N4O2. The highest BCUT2D eigenvalue weighted by molar-refractivity contribution is 5.99. The summed E-state index contributed by atoms with van der Waals surface area (Å²) in [5.41, 5.74) is -1.40. The third kappa shape index (κ3) is 4.07. The third-order valence-electron chi connectivity index (χ3n) is 7.80. The average molecular weight is 511 g/mol. The first-order valence-electron chi connectivity index (χ1n) is 11.9. The van der Waals surface area contributed by atoms with Crippen molar-refractivity contribution in [2.75, 3.05) is 25.5 Å². The van der Waals surface area contributed by atoms with Crippen LogP contribution in [0.15, 0.2) is 35.3 Å². The number of piperidine rings is 1. The number of alkyl halides is 4. The number of anilines is 1. The van der Waals surface area contributed by atoms with Crippen molar-refractivity contribution in [3.63, 3.8) is 0 Å². The van der Waals surface area contributed by atoms with Crippen molar-refractivity contribution in [3.8, 4) is 0 Å². The average Bonchev–Trinajstić information content (AvgIpc) is 3.48. The van der Waals surface area contributed by atoms with Gasteiger partial charge in [0.15, 0.2) is 0 Å². The summed E-state index contributed by atoms with van der Waals surface area (Å²) in [4.78, 5) is 28.2. The summed E-state index contributed by atoms with van der Waals surface area (Å²) in [7, 11) is 2.00. The first kappa shape index (κ1) is 24.7. The van der Waals surface area contributed by atoms with E-state index in [0.29, 0.717) is 11.8 Å². The largest absolute Gasteiger partial charge is 0.381 e. The zero-order chi connectivity index (χ0) is 26.1. The quantitative estimate of drug-likeness (QED) is 0.548. The van der Waals surface area contributed by atoms with Crippen LogP contribution in [0.2, 0.25) is 0 Å². The molecule has 194 valence electrons. The Morgan fingerprint density at radius 2 is 1.78 bits per heavy atom. The zero-order valence-electron chi connectivity index (χ0n) is 19.9. The molecule has 3 fully saturated rings. The number of rotatable bonds is 7. The molecule has 0 radical (unpaired) electrons. The maximum atomic E-state index is 14.6. The lowest BCUT2D eigenvalue weighted by Gasteiger charge is -2.20. The summed E-state index contributed by atoms with van der Waals surface area (Å²) in [5, 5.41) is 5.81. The van der Waals surface area contributed by atoms with E-state index in [1.54, 1.807) is 0 Å². The van der Waals surface area contributed by atoms with Crippen molar-refractivity contribution < 1.29 is 26.7 Å². The summed E-state index contributed by atoms with van der Waals surface area (Å²) < 4.78 is 69.9. The van der Waals surface area contributed by atoms with Crippen LogP contribution in [0.25, 0.3) is 0 Å². The summed E-state index contributed by atoms with van der Waals surface area (Å²) >= 11 is 0. The highest BCUT2D eigenvalue weighted by atomic mass is 19.3. The highest BCUT2D eigenvalue weighted by Crippen LogP contribution is 2.58. The molecule has 1 unspecified atom stereocenters. The minimum atomic E-state index is -3.07. The fourth-order valence-electron chi connectivity index (χ4n) is 5.51. The minimum Gasteiger partial charge on any atom is -0.381 e. The van der Waals surface area contributed by atoms with Crippen molar-refractivity contribution in [2.24, 2.45) is 17.8 Å². The Hall–Kier alpha value is -2.95. The van der Waals surface area contributed by atoms with Crippen molar-refractivity contribution >= 4 is 11.6 Å². The van der Waals surface area contributed by atoms with Gasteiger partial charge >= 0.3 is 0 Å². The fourth-order valence-corrected chi connectivity index (χ4v) is 5.51. The van der Waals surface area contributed by atoms with Crippen molar-refractivity contribution in [3.05, 3.63) is 63.3 Å². The maximum absolute atomic E-state index is 14.6. The number of carbonyl (C=O) groups is 1. The molecule has 6 nitrogen and oxygen atoms in total. The maximum Gasteiger partial charge on any atom is 0.273 e. The number of hydrogen-bond donors (Lipinski definition) is 2. The lowest BCUT2D eigenvalue weighted by Crippen LogP contribution is -2.32. The van der Waals surface area contributed by atoms with Gasteiger partial charge in [-0.15, -0.1) is 0 Å². The molecule has 1 amide bonds. The Morgan fingerprint density at radius 1 is 1.17 bits per heavy atom. The van der Waals surface area contributed by atoms with Crippen LogP contribution < -0.4 is 16.2 Å². The van der Waals surface area contributed by atoms with Crippen LogP contribution in [-0.2, 0) is 0 Å². The summed E-state index contributed by atoms with van der Waals surface area (Å²) in [6, 6.07) is 2.36. The molecule has 2 heterocycles. The third-order valence-corrected chi connectivity index (χ3v) is 7.80. The molecule has 0 bridgehead atoms. The van der Waals surface area contributed by atoms with Gasteiger partial charge in [-0.25, -0.2) is 22.0 Å². The molecule has 6 atom stereocenters. The number of halogens is 5. The summed E-state index contributed by atoms with van der Waals surface area (Å²) in [6.07, 6.45) is -1.91. The number of aromatic nitrogens is 1. The van der Waals surface area contributed by atoms with E-state index in [1.807, 2.05) is 7.05 Å². The van der Waals surface area contributed by atoms with Crippen LogP contribution in [0.1, 0.15) is 53.8 Å². The monoisotopic (exact) mass is 510 g/mol. The number of pyridine rings is 1. The van der Waals surface area contributed by atoms with Crippen LogP contribution in [0.3, 0.4) is 0 Å². The first-order chi connectivity index (χ1) is 16.9. The number of benzene rings is 1. The topological polar surface area (TPSA) is 66.4 Å². The molecule has 1 saturated heterocycles. The number of nitrogens with zero attached hydrogens (tertiary/aromatic N) is 2. The SMILES string of the molecule is C[C@@H]1[C@@H](n2cc(C(=O)N[C@H](C)c3cccc(C(F)F)c3F)c(NC3[C@H]4CN(C)C[C@@H]34)cc2=O)C1(F)F. The van der Waals surface area contributed by atoms with Crippen molar-refractivity contribution in [1.82, 2.24) is 14.8 Å². The number of nitrogens with one attached hydrogen (secondary N) is 2. The van der Waals surface area contributed by atoms with E-state index in [1.165, 1.54) is 26.0 Å². The van der Waals surface area contributed by atoms with E-state index in [2.05, 4.69) is 15.5 Å². The predicted molar refractivity (Wildman–Crippen MR) is 123 cm³/mol. The van der Waals surface area contributed by atoms with Gasteiger partial charge in [0, 0.05) is 42.9 Å². The van der Waals surface area contributed by atoms with Crippen LogP contribution >= 0.6 is 0 Å². The lowest BCUT2D eigenvalue weighted by atomic mass is 10.0. The van der Waals surface area contributed by atoms with Gasteiger partial charge in [-0.05, 0) is 25.8 Å². The minimum absolute atomic E-state index is 0.0416.